The van der Waals surface area contributed by atoms with Gasteiger partial charge in [-0.1, -0.05) is 35.6 Å². The molecule has 0 aliphatic carbocycles. The first-order chi connectivity index (χ1) is 21.3. The predicted molar refractivity (Wildman–Crippen MR) is 154 cm³/mol. The Labute approximate surface area is 263 Å². The Hall–Kier alpha value is -3.13. The molecule has 0 saturated carbocycles. The van der Waals surface area contributed by atoms with Gasteiger partial charge in [0.05, 0.1) is 16.4 Å². The molecule has 0 amide bonds. The van der Waals surface area contributed by atoms with E-state index in [0.29, 0.717) is 40.9 Å². The van der Waals surface area contributed by atoms with Crippen LogP contribution in [0.5, 0.6) is 5.75 Å². The summed E-state index contributed by atoms with van der Waals surface area (Å²) in [5.74, 6) is -5.00. The van der Waals surface area contributed by atoms with E-state index in [1.165, 1.54) is 18.2 Å². The SMILES string of the molecule is O=C(C(=O)C(F)(F)F)C(F)(F)F.O=c1[nH]c2c(O)ccc([C@@H](O)CNCCSCCCNCCc3cccc(C(F)(F)F)c3)c2s1. The molecular formula is C27H28F9N3O5S2. The van der Waals surface area contributed by atoms with Gasteiger partial charge in [-0.3, -0.25) is 14.4 Å². The van der Waals surface area contributed by atoms with E-state index >= 15 is 0 Å². The second kappa shape index (κ2) is 17.1. The highest BCUT2D eigenvalue weighted by Crippen LogP contribution is 2.31. The third-order valence-electron chi connectivity index (χ3n) is 5.92. The molecule has 3 aromatic rings. The number of H-pyrrole nitrogens is 1. The van der Waals surface area contributed by atoms with Gasteiger partial charge in [-0.2, -0.15) is 51.3 Å². The monoisotopic (exact) mass is 709 g/mol. The van der Waals surface area contributed by atoms with Crippen LogP contribution in [0.25, 0.3) is 10.2 Å². The minimum atomic E-state index is -5.77. The van der Waals surface area contributed by atoms with E-state index < -0.39 is 41.8 Å². The summed E-state index contributed by atoms with van der Waals surface area (Å²) < 4.78 is 106. The third kappa shape index (κ3) is 12.6. The number of phenolic OH excluding ortho intramolecular Hbond substituents is 1. The minimum absolute atomic E-state index is 0.0150. The Morgan fingerprint density at radius 2 is 1.54 bits per heavy atom. The Balaban J connectivity index is 0.000000521. The number of aromatic hydroxyl groups is 1. The second-order valence-corrected chi connectivity index (χ2v) is 11.6. The lowest BCUT2D eigenvalue weighted by molar-refractivity contribution is -0.193. The smallest absolute Gasteiger partial charge is 0.458 e. The van der Waals surface area contributed by atoms with Crippen molar-refractivity contribution in [2.45, 2.75) is 37.5 Å². The zero-order valence-corrected chi connectivity index (χ0v) is 25.2. The fourth-order valence-electron chi connectivity index (χ4n) is 3.71. The third-order valence-corrected chi connectivity index (χ3v) is 7.92. The standard InChI is InChI=1S/C23H28F3N3O3S2.C4F6O2/c24-23(25,26)16-4-1-3-15(13-16)7-9-27-8-2-11-33-12-10-28-14-19(31)17-5-6-18(30)20-21(17)34-22(32)29-20;5-3(6,7)1(11)2(12)4(8,9)10/h1,3-6,13,19,27-28,30-31H,2,7-12,14H2,(H,29,32);/t19-;/m0./s1. The molecule has 0 saturated heterocycles. The minimum Gasteiger partial charge on any atom is -0.506 e. The Bertz CT molecular complexity index is 1480. The van der Waals surface area contributed by atoms with Crippen LogP contribution in [0.2, 0.25) is 0 Å². The number of aliphatic hydroxyl groups excluding tert-OH is 1. The molecule has 2 aromatic carbocycles. The topological polar surface area (TPSA) is 132 Å². The van der Waals surface area contributed by atoms with Crippen molar-refractivity contribution >= 4 is 44.9 Å². The molecule has 5 N–H and O–H groups in total. The molecule has 46 heavy (non-hydrogen) atoms. The van der Waals surface area contributed by atoms with Crippen molar-refractivity contribution in [2.75, 3.05) is 37.7 Å². The number of fused-ring (bicyclic) bond motifs is 1. The summed E-state index contributed by atoms with van der Waals surface area (Å²) in [6.45, 7) is 2.49. The molecular weight excluding hydrogens is 681 g/mol. The Morgan fingerprint density at radius 3 is 2.15 bits per heavy atom. The van der Waals surface area contributed by atoms with Gasteiger partial charge >= 0.3 is 35.0 Å². The van der Waals surface area contributed by atoms with Crippen molar-refractivity contribution in [1.29, 1.82) is 0 Å². The van der Waals surface area contributed by atoms with Gasteiger partial charge in [0.25, 0.3) is 0 Å². The number of hydrogen-bond acceptors (Lipinski definition) is 9. The number of aromatic nitrogens is 1. The molecule has 256 valence electrons. The van der Waals surface area contributed by atoms with Crippen LogP contribution in [0.4, 0.5) is 39.5 Å². The quantitative estimate of drug-likeness (QED) is 0.0884. The number of nitrogens with one attached hydrogen (secondary N) is 3. The zero-order valence-electron chi connectivity index (χ0n) is 23.5. The Morgan fingerprint density at radius 1 is 0.891 bits per heavy atom. The number of aromatic amines is 1. The summed E-state index contributed by atoms with van der Waals surface area (Å²) in [4.78, 5) is 33.1. The maximum Gasteiger partial charge on any atom is 0.458 e. The van der Waals surface area contributed by atoms with E-state index in [1.54, 1.807) is 23.9 Å². The number of carbonyl (C=O) groups excluding carboxylic acids is 2. The fourth-order valence-corrected chi connectivity index (χ4v) is 5.47. The van der Waals surface area contributed by atoms with Crippen molar-refractivity contribution in [1.82, 2.24) is 15.6 Å². The van der Waals surface area contributed by atoms with E-state index in [4.69, 9.17) is 0 Å². The first-order valence-corrected chi connectivity index (χ1v) is 15.2. The lowest BCUT2D eigenvalue weighted by Crippen LogP contribution is -2.39. The van der Waals surface area contributed by atoms with Gasteiger partial charge < -0.3 is 25.8 Å². The van der Waals surface area contributed by atoms with Crippen molar-refractivity contribution in [2.24, 2.45) is 0 Å². The maximum atomic E-state index is 12.7. The fraction of sp³-hybridized carbons (Fsp3) is 0.444. The first kappa shape index (κ1) is 39.1. The normalized spacial score (nSPS) is 12.9. The lowest BCUT2D eigenvalue weighted by Gasteiger charge is -2.13. The van der Waals surface area contributed by atoms with Gasteiger partial charge in [-0.15, -0.1) is 0 Å². The molecule has 8 nitrogen and oxygen atoms in total. The highest BCUT2D eigenvalue weighted by atomic mass is 32.2. The molecule has 0 fully saturated rings. The maximum absolute atomic E-state index is 12.7. The van der Waals surface area contributed by atoms with E-state index in [1.807, 2.05) is 0 Å². The number of hydrogen-bond donors (Lipinski definition) is 5. The van der Waals surface area contributed by atoms with Crippen molar-refractivity contribution in [3.8, 4) is 5.75 Å². The summed E-state index contributed by atoms with van der Waals surface area (Å²) in [6, 6.07) is 8.53. The van der Waals surface area contributed by atoms with Crippen LogP contribution >= 0.6 is 23.1 Å². The van der Waals surface area contributed by atoms with Crippen LogP contribution in [-0.2, 0) is 22.2 Å². The van der Waals surface area contributed by atoms with Crippen molar-refractivity contribution in [3.63, 3.8) is 0 Å². The van der Waals surface area contributed by atoms with Gasteiger partial charge in [0, 0.05) is 24.4 Å². The number of benzene rings is 2. The number of ketones is 2. The first-order valence-electron chi connectivity index (χ1n) is 13.2. The number of Topliss-reactive ketones (excluding diaryl/α,β-unsaturated/α-hetero) is 2. The van der Waals surface area contributed by atoms with Crippen LogP contribution < -0.4 is 15.5 Å². The number of phenols is 1. The molecule has 1 heterocycles. The average Bonchev–Trinajstić information content (AvgIpc) is 3.36. The summed E-state index contributed by atoms with van der Waals surface area (Å²) in [6.07, 6.45) is -15.1. The summed E-state index contributed by atoms with van der Waals surface area (Å²) in [5, 5.41) is 26.8. The van der Waals surface area contributed by atoms with Gasteiger partial charge in [-0.05, 0) is 49.4 Å². The van der Waals surface area contributed by atoms with E-state index in [9.17, 15) is 64.1 Å². The number of thioether (sulfide) groups is 1. The number of rotatable bonds is 14. The second-order valence-electron chi connectivity index (χ2n) is 9.43. The summed E-state index contributed by atoms with van der Waals surface area (Å²) in [5.41, 5.74) is 1.02. The zero-order chi connectivity index (χ0) is 34.7. The van der Waals surface area contributed by atoms with Gasteiger partial charge in [0.1, 0.15) is 11.3 Å². The lowest BCUT2D eigenvalue weighted by atomic mass is 10.1. The number of halogens is 9. The van der Waals surface area contributed by atoms with Crippen molar-refractivity contribution < 1.29 is 59.3 Å². The van der Waals surface area contributed by atoms with Gasteiger partial charge in [0.15, 0.2) is 0 Å². The van der Waals surface area contributed by atoms with Crippen LogP contribution in [-0.4, -0.2) is 76.8 Å². The number of thiazole rings is 1. The van der Waals surface area contributed by atoms with Crippen LogP contribution in [0, 0.1) is 0 Å². The predicted octanol–water partition coefficient (Wildman–Crippen LogP) is 5.14. The number of aliphatic hydroxyl groups is 1. The molecule has 3 rings (SSSR count). The van der Waals surface area contributed by atoms with E-state index in [2.05, 4.69) is 15.6 Å². The summed E-state index contributed by atoms with van der Waals surface area (Å²) >= 11 is 2.75. The molecule has 0 aliphatic heterocycles. The highest BCUT2D eigenvalue weighted by molar-refractivity contribution is 7.99. The molecule has 1 aromatic heterocycles. The highest BCUT2D eigenvalue weighted by Gasteiger charge is 2.54. The van der Waals surface area contributed by atoms with Crippen LogP contribution in [0.15, 0.2) is 41.2 Å². The number of alkyl halides is 9. The largest absolute Gasteiger partial charge is 0.506 e. The molecule has 0 unspecified atom stereocenters. The summed E-state index contributed by atoms with van der Waals surface area (Å²) in [7, 11) is 0. The molecule has 0 spiro atoms. The van der Waals surface area contributed by atoms with E-state index in [-0.39, 0.29) is 10.6 Å². The van der Waals surface area contributed by atoms with Gasteiger partial charge in [0.2, 0.25) is 0 Å². The molecule has 0 bridgehead atoms. The van der Waals surface area contributed by atoms with E-state index in [0.717, 1.165) is 48.4 Å². The average molecular weight is 710 g/mol. The van der Waals surface area contributed by atoms with Crippen LogP contribution in [0.3, 0.4) is 0 Å². The van der Waals surface area contributed by atoms with Crippen LogP contribution in [0.1, 0.15) is 29.2 Å². The molecule has 0 radical (unpaired) electrons. The number of carbonyl (C=O) groups is 2. The molecule has 19 heteroatoms. The molecule has 0 aliphatic rings. The van der Waals surface area contributed by atoms with Crippen molar-refractivity contribution in [3.05, 3.63) is 62.8 Å². The molecule has 1 atom stereocenters. The van der Waals surface area contributed by atoms with Gasteiger partial charge in [-0.25, -0.2) is 0 Å². The Kier molecular flexibility index (Phi) is 14.6.